The Morgan fingerprint density at radius 2 is 1.83 bits per heavy atom. The van der Waals surface area contributed by atoms with Crippen LogP contribution in [0.5, 0.6) is 0 Å². The molecule has 5 nitrogen and oxygen atoms in total. The third kappa shape index (κ3) is 2.59. The number of nitrogens with zero attached hydrogens (tertiary/aromatic N) is 2. The zero-order chi connectivity index (χ0) is 16.8. The maximum atomic E-state index is 12.7. The molecule has 2 aromatic carbocycles. The predicted octanol–water partition coefficient (Wildman–Crippen LogP) is 3.98. The van der Waals surface area contributed by atoms with E-state index in [0.29, 0.717) is 16.3 Å². The van der Waals surface area contributed by atoms with E-state index in [1.165, 1.54) is 0 Å². The number of halogens is 3. The van der Waals surface area contributed by atoms with Crippen molar-refractivity contribution in [3.63, 3.8) is 0 Å². The number of thiazole rings is 1. The SMILES string of the molecule is O=c1sc2ccccc2n1-c1ccc(C(F)(F)F)cc1[N+](=O)[O-]. The molecule has 0 fully saturated rings. The average molecular weight is 340 g/mol. The van der Waals surface area contributed by atoms with Crippen molar-refractivity contribution in [2.45, 2.75) is 6.18 Å². The standard InChI is InChI=1S/C14H7F3N2O3S/c15-14(16,17)8-5-6-9(11(7-8)19(21)22)18-10-3-1-2-4-12(10)23-13(18)20/h1-7H. The minimum atomic E-state index is -4.70. The normalized spacial score (nSPS) is 11.8. The van der Waals surface area contributed by atoms with E-state index in [9.17, 15) is 28.1 Å². The summed E-state index contributed by atoms with van der Waals surface area (Å²) in [5.74, 6) is 0. The molecule has 0 N–H and O–H groups in total. The fraction of sp³-hybridized carbons (Fsp3) is 0.0714. The highest BCUT2D eigenvalue weighted by atomic mass is 32.1. The number of benzene rings is 2. The molecule has 0 radical (unpaired) electrons. The summed E-state index contributed by atoms with van der Waals surface area (Å²) in [6.45, 7) is 0. The summed E-state index contributed by atoms with van der Waals surface area (Å²) in [5, 5.41) is 11.2. The van der Waals surface area contributed by atoms with E-state index in [1.807, 2.05) is 0 Å². The van der Waals surface area contributed by atoms with Gasteiger partial charge in [0.15, 0.2) is 0 Å². The van der Waals surface area contributed by atoms with Gasteiger partial charge in [0, 0.05) is 6.07 Å². The van der Waals surface area contributed by atoms with Crippen LogP contribution in [0, 0.1) is 10.1 Å². The molecule has 0 aliphatic rings. The summed E-state index contributed by atoms with van der Waals surface area (Å²) < 4.78 is 39.9. The van der Waals surface area contributed by atoms with Gasteiger partial charge in [-0.1, -0.05) is 23.5 Å². The summed E-state index contributed by atoms with van der Waals surface area (Å²) in [5.41, 5.74) is -1.69. The predicted molar refractivity (Wildman–Crippen MR) is 79.1 cm³/mol. The fourth-order valence-electron chi connectivity index (χ4n) is 2.23. The molecule has 0 spiro atoms. The molecule has 0 atom stereocenters. The van der Waals surface area contributed by atoms with E-state index in [1.54, 1.807) is 24.3 Å². The first-order valence-corrected chi connectivity index (χ1v) is 7.07. The van der Waals surface area contributed by atoms with Crippen molar-refractivity contribution in [1.29, 1.82) is 0 Å². The summed E-state index contributed by atoms with van der Waals surface area (Å²) in [6, 6.07) is 8.68. The van der Waals surface area contributed by atoms with Crippen molar-refractivity contribution >= 4 is 27.2 Å². The highest BCUT2D eigenvalue weighted by molar-refractivity contribution is 7.16. The Kier molecular flexibility index (Phi) is 3.44. The number of fused-ring (bicyclic) bond motifs is 1. The first kappa shape index (κ1) is 15.2. The lowest BCUT2D eigenvalue weighted by molar-refractivity contribution is -0.384. The molecule has 0 aliphatic carbocycles. The molecule has 3 rings (SSSR count). The second kappa shape index (κ2) is 5.20. The molecule has 3 aromatic rings. The van der Waals surface area contributed by atoms with Crippen molar-refractivity contribution in [1.82, 2.24) is 4.57 Å². The van der Waals surface area contributed by atoms with Crippen molar-refractivity contribution in [2.24, 2.45) is 0 Å². The Labute approximate surface area is 130 Å². The van der Waals surface area contributed by atoms with Gasteiger partial charge in [-0.25, -0.2) is 0 Å². The van der Waals surface area contributed by atoms with Gasteiger partial charge in [-0.05, 0) is 24.3 Å². The van der Waals surface area contributed by atoms with Crippen LogP contribution in [-0.2, 0) is 6.18 Å². The molecule has 0 aliphatic heterocycles. The number of para-hydroxylation sites is 1. The summed E-state index contributed by atoms with van der Waals surface area (Å²) in [7, 11) is 0. The number of hydrogen-bond acceptors (Lipinski definition) is 4. The van der Waals surface area contributed by atoms with Crippen LogP contribution in [0.25, 0.3) is 15.9 Å². The van der Waals surface area contributed by atoms with Gasteiger partial charge in [0.05, 0.1) is 20.7 Å². The summed E-state index contributed by atoms with van der Waals surface area (Å²) in [4.78, 5) is 21.9. The minimum absolute atomic E-state index is 0.189. The highest BCUT2D eigenvalue weighted by Crippen LogP contribution is 2.35. The van der Waals surface area contributed by atoms with Crippen molar-refractivity contribution in [3.05, 3.63) is 67.8 Å². The lowest BCUT2D eigenvalue weighted by Gasteiger charge is -2.09. The Balaban J connectivity index is 2.33. The highest BCUT2D eigenvalue weighted by Gasteiger charge is 2.33. The zero-order valence-corrected chi connectivity index (χ0v) is 12.0. The molecule has 0 saturated heterocycles. The second-order valence-corrected chi connectivity index (χ2v) is 5.62. The Hall–Kier alpha value is -2.68. The molecule has 23 heavy (non-hydrogen) atoms. The van der Waals surface area contributed by atoms with Crippen molar-refractivity contribution in [2.75, 3.05) is 0 Å². The van der Waals surface area contributed by atoms with Gasteiger partial charge in [-0.15, -0.1) is 0 Å². The van der Waals surface area contributed by atoms with Crippen LogP contribution in [-0.4, -0.2) is 9.49 Å². The van der Waals surface area contributed by atoms with Crippen molar-refractivity contribution in [3.8, 4) is 5.69 Å². The van der Waals surface area contributed by atoms with Gasteiger partial charge in [-0.3, -0.25) is 19.5 Å². The monoisotopic (exact) mass is 340 g/mol. The van der Waals surface area contributed by atoms with E-state index in [-0.39, 0.29) is 5.69 Å². The Bertz CT molecular complexity index is 975. The van der Waals surface area contributed by atoms with E-state index in [4.69, 9.17) is 0 Å². The van der Waals surface area contributed by atoms with E-state index >= 15 is 0 Å². The van der Waals surface area contributed by atoms with Gasteiger partial charge in [0.1, 0.15) is 5.69 Å². The zero-order valence-electron chi connectivity index (χ0n) is 11.2. The van der Waals surface area contributed by atoms with Gasteiger partial charge >= 0.3 is 11.0 Å². The molecule has 1 aromatic heterocycles. The van der Waals surface area contributed by atoms with E-state index < -0.39 is 27.2 Å². The van der Waals surface area contributed by atoms with Crippen LogP contribution in [0.15, 0.2) is 47.3 Å². The maximum Gasteiger partial charge on any atom is 0.416 e. The third-order valence-electron chi connectivity index (χ3n) is 3.23. The van der Waals surface area contributed by atoms with Crippen LogP contribution < -0.4 is 4.87 Å². The van der Waals surface area contributed by atoms with E-state index in [2.05, 4.69) is 0 Å². The average Bonchev–Trinajstić information content (AvgIpc) is 2.81. The summed E-state index contributed by atoms with van der Waals surface area (Å²) >= 11 is 0.866. The van der Waals surface area contributed by atoms with Crippen LogP contribution in [0.3, 0.4) is 0 Å². The molecule has 0 amide bonds. The minimum Gasteiger partial charge on any atom is -0.260 e. The fourth-order valence-corrected chi connectivity index (χ4v) is 3.12. The maximum absolute atomic E-state index is 12.7. The Morgan fingerprint density at radius 1 is 1.13 bits per heavy atom. The van der Waals surface area contributed by atoms with Gasteiger partial charge in [-0.2, -0.15) is 13.2 Å². The Morgan fingerprint density at radius 3 is 2.48 bits per heavy atom. The number of rotatable bonds is 2. The number of hydrogen-bond donors (Lipinski definition) is 0. The number of alkyl halides is 3. The van der Waals surface area contributed by atoms with E-state index in [0.717, 1.165) is 28.0 Å². The lowest BCUT2D eigenvalue weighted by Crippen LogP contribution is -2.13. The molecule has 9 heteroatoms. The topological polar surface area (TPSA) is 65.1 Å². The molecule has 1 heterocycles. The van der Waals surface area contributed by atoms with Gasteiger partial charge in [0.2, 0.25) is 0 Å². The van der Waals surface area contributed by atoms with Gasteiger partial charge < -0.3 is 0 Å². The van der Waals surface area contributed by atoms with Gasteiger partial charge in [0.25, 0.3) is 5.69 Å². The molecular formula is C14H7F3N2O3S. The summed E-state index contributed by atoms with van der Waals surface area (Å²) in [6.07, 6.45) is -4.70. The molecule has 0 saturated carbocycles. The lowest BCUT2D eigenvalue weighted by atomic mass is 10.1. The van der Waals surface area contributed by atoms with Crippen LogP contribution in [0.2, 0.25) is 0 Å². The van der Waals surface area contributed by atoms with Crippen LogP contribution >= 0.6 is 11.3 Å². The number of aromatic nitrogens is 1. The van der Waals surface area contributed by atoms with Crippen LogP contribution in [0.4, 0.5) is 18.9 Å². The number of nitro groups is 1. The second-order valence-electron chi connectivity index (χ2n) is 4.63. The largest absolute Gasteiger partial charge is 0.416 e. The quantitative estimate of drug-likeness (QED) is 0.523. The smallest absolute Gasteiger partial charge is 0.260 e. The first-order chi connectivity index (χ1) is 10.8. The molecule has 0 unspecified atom stereocenters. The van der Waals surface area contributed by atoms with Crippen LogP contribution in [0.1, 0.15) is 5.56 Å². The van der Waals surface area contributed by atoms with Crippen molar-refractivity contribution < 1.29 is 18.1 Å². The molecular weight excluding hydrogens is 333 g/mol. The molecule has 0 bridgehead atoms. The molecule has 118 valence electrons. The first-order valence-electron chi connectivity index (χ1n) is 6.25. The third-order valence-corrected chi connectivity index (χ3v) is 4.15. The number of nitro benzene ring substituents is 1.